The van der Waals surface area contributed by atoms with Crippen LogP contribution in [-0.2, 0) is 17.9 Å². The molecule has 0 spiro atoms. The summed E-state index contributed by atoms with van der Waals surface area (Å²) in [7, 11) is 16.8. The number of nitrogens with zero attached hydrogens (tertiary/aromatic N) is 5. The Balaban J connectivity index is 1.79. The highest BCUT2D eigenvalue weighted by Gasteiger charge is 2.25. The van der Waals surface area contributed by atoms with Crippen LogP contribution >= 0.6 is 11.6 Å². The molecule has 3 aromatic rings. The third kappa shape index (κ3) is 4.28. The molecule has 0 saturated carbocycles. The fraction of sp³-hybridized carbons (Fsp3) is 0.389. The van der Waals surface area contributed by atoms with Crippen molar-refractivity contribution in [3.8, 4) is 0 Å². The number of aromatic nitrogens is 4. The number of halogens is 1. The SMILES string of the molecule is [B]C([B])([B])OCc1c(Cl)ccc(N2CCC(N)C2)c1Cn1cnc2c(N)ncnc21. The molecule has 1 unspecified atom stereocenters. The summed E-state index contributed by atoms with van der Waals surface area (Å²) in [5.41, 5.74) is 15.8. The van der Waals surface area contributed by atoms with E-state index in [0.29, 0.717) is 28.5 Å². The van der Waals surface area contributed by atoms with Gasteiger partial charge < -0.3 is 25.7 Å². The van der Waals surface area contributed by atoms with Gasteiger partial charge >= 0.3 is 0 Å². The standard InChI is InChI=1S/C18H19B3ClN7O/c19-18(20,21)30-7-12-11(6-29-9-27-15-16(24)25-8-26-17(15)29)14(2-1-13(12)22)28-4-3-10(23)5-28/h1-2,8-10H,3-7,23H2,(H2,24,25,26). The van der Waals surface area contributed by atoms with Crippen molar-refractivity contribution in [2.24, 2.45) is 5.73 Å². The zero-order valence-corrected chi connectivity index (χ0v) is 17.1. The van der Waals surface area contributed by atoms with E-state index >= 15 is 0 Å². The third-order valence-corrected chi connectivity index (χ3v) is 5.49. The molecule has 0 bridgehead atoms. The lowest BCUT2D eigenvalue weighted by Crippen LogP contribution is -2.34. The van der Waals surface area contributed by atoms with E-state index in [0.717, 1.165) is 36.3 Å². The van der Waals surface area contributed by atoms with Crippen LogP contribution in [0, 0.1) is 0 Å². The van der Waals surface area contributed by atoms with Crippen LogP contribution in [0.1, 0.15) is 17.5 Å². The Kier molecular flexibility index (Phi) is 5.70. The lowest BCUT2D eigenvalue weighted by Gasteiger charge is -2.27. The average molecular weight is 417 g/mol. The van der Waals surface area contributed by atoms with Crippen LogP contribution in [0.25, 0.3) is 11.2 Å². The molecule has 3 heterocycles. The Labute approximate surface area is 183 Å². The maximum atomic E-state index is 6.53. The van der Waals surface area contributed by atoms with Crippen LogP contribution in [-0.4, -0.2) is 67.5 Å². The van der Waals surface area contributed by atoms with Crippen molar-refractivity contribution in [3.05, 3.63) is 40.9 Å². The third-order valence-electron chi connectivity index (χ3n) is 5.14. The summed E-state index contributed by atoms with van der Waals surface area (Å²) in [5.74, 6) is 0.318. The van der Waals surface area contributed by atoms with E-state index in [4.69, 9.17) is 51.3 Å². The number of nitrogen functional groups attached to an aromatic ring is 1. The molecule has 1 aliphatic rings. The molecule has 4 rings (SSSR count). The first-order valence-corrected chi connectivity index (χ1v) is 9.83. The van der Waals surface area contributed by atoms with Crippen molar-refractivity contribution in [2.45, 2.75) is 30.9 Å². The highest BCUT2D eigenvalue weighted by molar-refractivity contribution is 6.58. The van der Waals surface area contributed by atoms with Crippen molar-refractivity contribution >= 4 is 57.8 Å². The monoisotopic (exact) mass is 417 g/mol. The molecular formula is C18H19B3ClN7O. The maximum absolute atomic E-state index is 6.53. The van der Waals surface area contributed by atoms with Gasteiger partial charge in [0.2, 0.25) is 0 Å². The zero-order valence-electron chi connectivity index (χ0n) is 16.3. The lowest BCUT2D eigenvalue weighted by atomic mass is 9.52. The summed E-state index contributed by atoms with van der Waals surface area (Å²) in [6, 6.07) is 3.90. The van der Waals surface area contributed by atoms with E-state index in [1.165, 1.54) is 6.33 Å². The van der Waals surface area contributed by atoms with Crippen LogP contribution in [0.3, 0.4) is 0 Å². The normalized spacial score (nSPS) is 17.1. The molecule has 12 heteroatoms. The van der Waals surface area contributed by atoms with Gasteiger partial charge in [0.15, 0.2) is 11.5 Å². The molecule has 0 amide bonds. The minimum atomic E-state index is -1.78. The number of benzene rings is 1. The molecule has 6 radical (unpaired) electrons. The molecule has 1 atom stereocenters. The predicted octanol–water partition coefficient (Wildman–Crippen LogP) is 0.281. The van der Waals surface area contributed by atoms with Gasteiger partial charge in [0.1, 0.15) is 11.8 Å². The maximum Gasteiger partial charge on any atom is 0.165 e. The van der Waals surface area contributed by atoms with Crippen molar-refractivity contribution in [1.29, 1.82) is 0 Å². The summed E-state index contributed by atoms with van der Waals surface area (Å²) >= 11 is 6.53. The minimum Gasteiger partial charge on any atom is -0.398 e. The van der Waals surface area contributed by atoms with Gasteiger partial charge in [0.05, 0.1) is 43.0 Å². The summed E-state index contributed by atoms with van der Waals surface area (Å²) < 4.78 is 7.31. The van der Waals surface area contributed by atoms with Gasteiger partial charge in [-0.05, 0) is 23.9 Å². The van der Waals surface area contributed by atoms with Crippen molar-refractivity contribution < 1.29 is 4.74 Å². The fourth-order valence-electron chi connectivity index (χ4n) is 3.67. The Morgan fingerprint density at radius 1 is 1.20 bits per heavy atom. The molecule has 1 aliphatic heterocycles. The Bertz CT molecular complexity index is 1070. The van der Waals surface area contributed by atoms with Crippen molar-refractivity contribution in [2.75, 3.05) is 23.7 Å². The molecule has 2 aromatic heterocycles. The van der Waals surface area contributed by atoms with Crippen molar-refractivity contribution in [1.82, 2.24) is 19.5 Å². The van der Waals surface area contributed by atoms with Crippen molar-refractivity contribution in [3.63, 3.8) is 0 Å². The number of rotatable bonds is 6. The summed E-state index contributed by atoms with van der Waals surface area (Å²) in [4.78, 5) is 14.9. The lowest BCUT2D eigenvalue weighted by molar-refractivity contribution is 0.114. The van der Waals surface area contributed by atoms with Crippen LogP contribution < -0.4 is 16.4 Å². The smallest absolute Gasteiger partial charge is 0.165 e. The number of hydrogen-bond donors (Lipinski definition) is 2. The Morgan fingerprint density at radius 2 is 2.00 bits per heavy atom. The first kappa shape index (κ1) is 21.0. The molecule has 1 aromatic carbocycles. The number of anilines is 2. The number of fused-ring (bicyclic) bond motifs is 1. The molecule has 148 valence electrons. The zero-order chi connectivity index (χ0) is 21.5. The number of nitrogens with two attached hydrogens (primary N) is 2. The molecule has 1 fully saturated rings. The first-order chi connectivity index (χ1) is 14.2. The van der Waals surface area contributed by atoms with E-state index in [1.807, 2.05) is 16.7 Å². The summed E-state index contributed by atoms with van der Waals surface area (Å²) in [6.07, 6.45) is 3.98. The van der Waals surface area contributed by atoms with Crippen LogP contribution in [0.2, 0.25) is 5.02 Å². The molecule has 4 N–H and O–H groups in total. The van der Waals surface area contributed by atoms with Crippen LogP contribution in [0.5, 0.6) is 0 Å². The van der Waals surface area contributed by atoms with E-state index in [9.17, 15) is 0 Å². The van der Waals surface area contributed by atoms with Gasteiger partial charge in [-0.15, -0.1) is 0 Å². The molecular weight excluding hydrogens is 398 g/mol. The van der Waals surface area contributed by atoms with E-state index in [2.05, 4.69) is 19.9 Å². The molecule has 8 nitrogen and oxygen atoms in total. The number of ether oxygens (including phenoxy) is 1. The largest absolute Gasteiger partial charge is 0.398 e. The second-order valence-electron chi connectivity index (χ2n) is 7.46. The number of imidazole rings is 1. The highest BCUT2D eigenvalue weighted by atomic mass is 35.5. The number of hydrogen-bond acceptors (Lipinski definition) is 7. The van der Waals surface area contributed by atoms with E-state index < -0.39 is 5.30 Å². The Hall–Kier alpha value is -2.23. The Morgan fingerprint density at radius 3 is 2.70 bits per heavy atom. The van der Waals surface area contributed by atoms with E-state index in [-0.39, 0.29) is 12.6 Å². The van der Waals surface area contributed by atoms with Crippen LogP contribution in [0.15, 0.2) is 24.8 Å². The van der Waals surface area contributed by atoms with Gasteiger partial charge in [-0.3, -0.25) is 0 Å². The quantitative estimate of drug-likeness (QED) is 0.555. The second kappa shape index (κ2) is 8.13. The van der Waals surface area contributed by atoms with E-state index in [1.54, 1.807) is 6.33 Å². The second-order valence-corrected chi connectivity index (χ2v) is 7.87. The molecule has 1 saturated heterocycles. The highest BCUT2D eigenvalue weighted by Crippen LogP contribution is 2.34. The first-order valence-electron chi connectivity index (χ1n) is 9.45. The molecule has 30 heavy (non-hydrogen) atoms. The van der Waals surface area contributed by atoms with Crippen LogP contribution in [0.4, 0.5) is 11.5 Å². The van der Waals surface area contributed by atoms with Gasteiger partial charge in [0, 0.05) is 41.0 Å². The molecule has 0 aliphatic carbocycles. The van der Waals surface area contributed by atoms with Gasteiger partial charge in [0.25, 0.3) is 0 Å². The van der Waals surface area contributed by atoms with Gasteiger partial charge in [-0.25, -0.2) is 15.0 Å². The summed E-state index contributed by atoms with van der Waals surface area (Å²) in [6.45, 7) is 2.03. The average Bonchev–Trinajstić information content (AvgIpc) is 3.28. The van der Waals surface area contributed by atoms with Gasteiger partial charge in [-0.1, -0.05) is 11.6 Å². The fourth-order valence-corrected chi connectivity index (χ4v) is 3.90. The predicted molar refractivity (Wildman–Crippen MR) is 120 cm³/mol. The summed E-state index contributed by atoms with van der Waals surface area (Å²) in [5, 5.41) is -1.27. The van der Waals surface area contributed by atoms with Gasteiger partial charge in [-0.2, -0.15) is 0 Å². The topological polar surface area (TPSA) is 108 Å². The minimum absolute atomic E-state index is 0.0369.